The van der Waals surface area contributed by atoms with E-state index in [9.17, 15) is 5.11 Å². The summed E-state index contributed by atoms with van der Waals surface area (Å²) in [5, 5.41) is 9.87. The van der Waals surface area contributed by atoms with E-state index >= 15 is 0 Å². The largest absolute Gasteiger partial charge is 0.389 e. The van der Waals surface area contributed by atoms with Gasteiger partial charge in [0.25, 0.3) is 0 Å². The van der Waals surface area contributed by atoms with Gasteiger partial charge in [0.1, 0.15) is 0 Å². The van der Waals surface area contributed by atoms with Crippen molar-refractivity contribution < 1.29 is 5.11 Å². The van der Waals surface area contributed by atoms with Gasteiger partial charge in [0.05, 0.1) is 5.60 Å². The summed E-state index contributed by atoms with van der Waals surface area (Å²) in [5.41, 5.74) is 0.723. The van der Waals surface area contributed by atoms with Crippen molar-refractivity contribution >= 4 is 15.9 Å². The number of aliphatic hydroxyl groups is 1. The molecular formula is C10H17BrO. The van der Waals surface area contributed by atoms with Crippen LogP contribution in [0.3, 0.4) is 0 Å². The molecule has 1 fully saturated rings. The molecule has 0 aliphatic heterocycles. The first-order chi connectivity index (χ1) is 5.43. The van der Waals surface area contributed by atoms with Gasteiger partial charge in [-0.2, -0.15) is 0 Å². The summed E-state index contributed by atoms with van der Waals surface area (Å²) in [5.74, 6) is 0.592. The van der Waals surface area contributed by atoms with Crippen LogP contribution >= 0.6 is 15.9 Å². The van der Waals surface area contributed by atoms with Crippen LogP contribution in [0.1, 0.15) is 33.1 Å². The second kappa shape index (κ2) is 3.51. The molecule has 1 aliphatic carbocycles. The predicted molar refractivity (Wildman–Crippen MR) is 55.5 cm³/mol. The second-order valence-corrected chi connectivity index (χ2v) is 5.25. The molecule has 3 atom stereocenters. The average molecular weight is 233 g/mol. The van der Waals surface area contributed by atoms with Crippen molar-refractivity contribution in [2.75, 3.05) is 0 Å². The van der Waals surface area contributed by atoms with Gasteiger partial charge in [-0.25, -0.2) is 0 Å². The maximum atomic E-state index is 9.87. The van der Waals surface area contributed by atoms with Gasteiger partial charge in [-0.15, -0.1) is 0 Å². The lowest BCUT2D eigenvalue weighted by Crippen LogP contribution is -2.41. The number of halogens is 1. The molecule has 2 heteroatoms. The third-order valence-electron chi connectivity index (χ3n) is 2.86. The van der Waals surface area contributed by atoms with Gasteiger partial charge >= 0.3 is 0 Å². The van der Waals surface area contributed by atoms with E-state index in [1.54, 1.807) is 0 Å². The number of allylic oxidation sites excluding steroid dienone is 1. The molecule has 0 bridgehead atoms. The van der Waals surface area contributed by atoms with Crippen LogP contribution in [0.15, 0.2) is 12.2 Å². The van der Waals surface area contributed by atoms with Crippen LogP contribution in [0.2, 0.25) is 0 Å². The summed E-state index contributed by atoms with van der Waals surface area (Å²) in [6, 6.07) is 0. The molecule has 2 unspecified atom stereocenters. The SMILES string of the molecule is C=C(C)C1CC[C@](C)(O)C(Br)C1. The van der Waals surface area contributed by atoms with Crippen LogP contribution < -0.4 is 0 Å². The predicted octanol–water partition coefficient (Wildman–Crippen LogP) is 2.88. The minimum absolute atomic E-state index is 0.223. The van der Waals surface area contributed by atoms with E-state index < -0.39 is 5.60 Å². The highest BCUT2D eigenvalue weighted by Crippen LogP contribution is 2.38. The Bertz CT molecular complexity index is 186. The standard InChI is InChI=1S/C10H17BrO/c1-7(2)8-4-5-10(3,12)9(11)6-8/h8-9,12H,1,4-6H2,2-3H3/t8?,9?,10-/m0/s1. The summed E-state index contributed by atoms with van der Waals surface area (Å²) in [4.78, 5) is 0.223. The molecule has 0 amide bonds. The third-order valence-corrected chi connectivity index (χ3v) is 4.22. The van der Waals surface area contributed by atoms with Crippen LogP contribution in [0.25, 0.3) is 0 Å². The Morgan fingerprint density at radius 3 is 2.67 bits per heavy atom. The Balaban J connectivity index is 2.58. The van der Waals surface area contributed by atoms with Gasteiger partial charge < -0.3 is 5.11 Å². The monoisotopic (exact) mass is 232 g/mol. The molecule has 0 radical (unpaired) electrons. The van der Waals surface area contributed by atoms with Gasteiger partial charge in [-0.3, -0.25) is 0 Å². The van der Waals surface area contributed by atoms with Crippen molar-refractivity contribution in [1.82, 2.24) is 0 Å². The summed E-state index contributed by atoms with van der Waals surface area (Å²) >= 11 is 3.53. The zero-order valence-corrected chi connectivity index (χ0v) is 9.39. The molecule has 0 spiro atoms. The summed E-state index contributed by atoms with van der Waals surface area (Å²) in [6.07, 6.45) is 2.97. The maximum absolute atomic E-state index is 9.87. The van der Waals surface area contributed by atoms with E-state index in [0.29, 0.717) is 5.92 Å². The molecule has 1 rings (SSSR count). The Hall–Kier alpha value is 0.180. The van der Waals surface area contributed by atoms with Crippen molar-refractivity contribution in [3.8, 4) is 0 Å². The zero-order valence-electron chi connectivity index (χ0n) is 7.81. The minimum atomic E-state index is -0.522. The van der Waals surface area contributed by atoms with E-state index in [0.717, 1.165) is 19.3 Å². The first kappa shape index (κ1) is 10.3. The molecule has 0 aromatic carbocycles. The number of hydrogen-bond acceptors (Lipinski definition) is 1. The molecule has 0 aromatic heterocycles. The quantitative estimate of drug-likeness (QED) is 0.545. The van der Waals surface area contributed by atoms with E-state index in [-0.39, 0.29) is 4.83 Å². The smallest absolute Gasteiger partial charge is 0.0744 e. The van der Waals surface area contributed by atoms with Crippen LogP contribution in [-0.2, 0) is 0 Å². The summed E-state index contributed by atoms with van der Waals surface area (Å²) in [7, 11) is 0. The Labute approximate surface area is 83.0 Å². The topological polar surface area (TPSA) is 20.2 Å². The first-order valence-electron chi connectivity index (χ1n) is 4.45. The lowest BCUT2D eigenvalue weighted by atomic mass is 9.77. The Kier molecular flexibility index (Phi) is 3.00. The zero-order chi connectivity index (χ0) is 9.35. The van der Waals surface area contributed by atoms with Crippen molar-refractivity contribution in [3.05, 3.63) is 12.2 Å². The molecular weight excluding hydrogens is 216 g/mol. The third kappa shape index (κ3) is 2.11. The molecule has 0 saturated heterocycles. The van der Waals surface area contributed by atoms with E-state index in [1.807, 2.05) is 6.92 Å². The molecule has 12 heavy (non-hydrogen) atoms. The number of alkyl halides is 1. The molecule has 1 aliphatic rings. The number of rotatable bonds is 1. The molecule has 1 N–H and O–H groups in total. The van der Waals surface area contributed by atoms with Crippen molar-refractivity contribution in [2.24, 2.45) is 5.92 Å². The fourth-order valence-electron chi connectivity index (χ4n) is 1.69. The van der Waals surface area contributed by atoms with Crippen molar-refractivity contribution in [3.63, 3.8) is 0 Å². The van der Waals surface area contributed by atoms with Gasteiger partial charge in [-0.05, 0) is 39.0 Å². The lowest BCUT2D eigenvalue weighted by Gasteiger charge is -2.38. The fraction of sp³-hybridized carbons (Fsp3) is 0.800. The van der Waals surface area contributed by atoms with E-state index in [4.69, 9.17) is 0 Å². The number of hydrogen-bond donors (Lipinski definition) is 1. The molecule has 1 nitrogen and oxygen atoms in total. The average Bonchev–Trinajstić information content (AvgIpc) is 1.94. The molecule has 0 heterocycles. The second-order valence-electron chi connectivity index (χ2n) is 4.14. The maximum Gasteiger partial charge on any atom is 0.0744 e. The van der Waals surface area contributed by atoms with Crippen molar-refractivity contribution in [2.45, 2.75) is 43.5 Å². The van der Waals surface area contributed by atoms with Crippen LogP contribution in [0.5, 0.6) is 0 Å². The highest BCUT2D eigenvalue weighted by Gasteiger charge is 2.36. The lowest BCUT2D eigenvalue weighted by molar-refractivity contribution is 0.0215. The fourth-order valence-corrected chi connectivity index (χ4v) is 2.37. The highest BCUT2D eigenvalue weighted by molar-refractivity contribution is 9.09. The molecule has 1 saturated carbocycles. The van der Waals surface area contributed by atoms with Crippen molar-refractivity contribution in [1.29, 1.82) is 0 Å². The molecule has 0 aromatic rings. The van der Waals surface area contributed by atoms with E-state index in [2.05, 4.69) is 29.4 Å². The minimum Gasteiger partial charge on any atom is -0.389 e. The van der Waals surface area contributed by atoms with Crippen LogP contribution in [0, 0.1) is 5.92 Å². The summed E-state index contributed by atoms with van der Waals surface area (Å²) in [6.45, 7) is 7.94. The van der Waals surface area contributed by atoms with Crippen LogP contribution in [0.4, 0.5) is 0 Å². The molecule has 70 valence electrons. The van der Waals surface area contributed by atoms with Gasteiger partial charge in [-0.1, -0.05) is 28.1 Å². The summed E-state index contributed by atoms with van der Waals surface area (Å²) < 4.78 is 0. The first-order valence-corrected chi connectivity index (χ1v) is 5.37. The normalized spacial score (nSPS) is 42.7. The Morgan fingerprint density at radius 2 is 2.25 bits per heavy atom. The van der Waals surface area contributed by atoms with Gasteiger partial charge in [0.15, 0.2) is 0 Å². The van der Waals surface area contributed by atoms with Gasteiger partial charge in [0.2, 0.25) is 0 Å². The van der Waals surface area contributed by atoms with E-state index in [1.165, 1.54) is 5.57 Å². The van der Waals surface area contributed by atoms with Gasteiger partial charge in [0, 0.05) is 4.83 Å². The van der Waals surface area contributed by atoms with Crippen LogP contribution in [-0.4, -0.2) is 15.5 Å². The highest BCUT2D eigenvalue weighted by atomic mass is 79.9. The Morgan fingerprint density at radius 1 is 1.67 bits per heavy atom.